The second-order valence-corrected chi connectivity index (χ2v) is 14.2. The van der Waals surface area contributed by atoms with Gasteiger partial charge in [-0.2, -0.15) is 0 Å². The first kappa shape index (κ1) is 42.5. The molecule has 1 aliphatic heterocycles. The fourth-order valence-electron chi connectivity index (χ4n) is 7.07. The van der Waals surface area contributed by atoms with Gasteiger partial charge in [0.05, 0.1) is 62.1 Å². The molecule has 13 nitrogen and oxygen atoms in total. The Morgan fingerprint density at radius 2 is 1.18 bits per heavy atom. The van der Waals surface area contributed by atoms with Crippen LogP contribution in [0.25, 0.3) is 0 Å². The van der Waals surface area contributed by atoms with Crippen LogP contribution in [0.2, 0.25) is 0 Å². The number of aliphatic hydroxyl groups is 1. The Hall–Kier alpha value is -6.64. The number of ether oxygens (including phenoxy) is 8. The van der Waals surface area contributed by atoms with Gasteiger partial charge < -0.3 is 43.0 Å². The van der Waals surface area contributed by atoms with Gasteiger partial charge in [0, 0.05) is 0 Å². The van der Waals surface area contributed by atoms with Crippen molar-refractivity contribution in [1.29, 1.82) is 0 Å². The summed E-state index contributed by atoms with van der Waals surface area (Å²) in [5, 5.41) is 10.8. The molecule has 2 aliphatic rings. The van der Waals surface area contributed by atoms with Crippen molar-refractivity contribution in [3.8, 4) is 0 Å². The average molecular weight is 829 g/mol. The smallest absolute Gasteiger partial charge is 0.343 e. The standard InChI is InChI=1S/C48H44O13/c1-54-39(50)27-37(58-44(51)34-21-11-4-12-22-34)41(38(28-49)59-45(52)35-23-13-5-14-24-35)61-47-42(60-46(53)36-25-15-6-16-26-36)40-43(55-29-32-17-7-2-8-18-32)48(40,31-56-47)57-30-33-19-9-3-10-20-33/h2-26,37,40,42-43,47,49H,27-31H2,1H3/b41-38-/t37-,40?,42?,43?,47-,48?/m1/s1. The van der Waals surface area contributed by atoms with Crippen LogP contribution in [0.1, 0.15) is 48.6 Å². The van der Waals surface area contributed by atoms with Crippen molar-refractivity contribution < 1.29 is 62.2 Å². The van der Waals surface area contributed by atoms with Gasteiger partial charge in [-0.25, -0.2) is 14.4 Å². The topological polar surface area (TPSA) is 162 Å². The minimum Gasteiger partial charge on any atom is -0.469 e. The van der Waals surface area contributed by atoms with Crippen LogP contribution < -0.4 is 0 Å². The minimum absolute atomic E-state index is 0.124. The van der Waals surface area contributed by atoms with Gasteiger partial charge >= 0.3 is 23.9 Å². The molecule has 2 fully saturated rings. The highest BCUT2D eigenvalue weighted by Gasteiger charge is 2.76. The molecule has 0 bridgehead atoms. The molecule has 1 saturated carbocycles. The molecule has 5 aromatic rings. The largest absolute Gasteiger partial charge is 0.469 e. The molecule has 0 aromatic heterocycles. The maximum Gasteiger partial charge on any atom is 0.343 e. The number of rotatable bonds is 18. The maximum atomic E-state index is 13.9. The van der Waals surface area contributed by atoms with Crippen LogP contribution in [0.3, 0.4) is 0 Å². The Kier molecular flexibility index (Phi) is 14.0. The van der Waals surface area contributed by atoms with E-state index in [0.717, 1.165) is 18.2 Å². The molecule has 1 saturated heterocycles. The summed E-state index contributed by atoms with van der Waals surface area (Å²) in [5.74, 6) is -5.00. The molecule has 61 heavy (non-hydrogen) atoms. The van der Waals surface area contributed by atoms with Gasteiger partial charge in [0.1, 0.15) is 12.2 Å². The van der Waals surface area contributed by atoms with Crippen LogP contribution >= 0.6 is 0 Å². The Balaban J connectivity index is 1.29. The van der Waals surface area contributed by atoms with Crippen LogP contribution in [0.5, 0.6) is 0 Å². The predicted molar refractivity (Wildman–Crippen MR) is 217 cm³/mol. The molecular weight excluding hydrogens is 785 g/mol. The Morgan fingerprint density at radius 3 is 1.72 bits per heavy atom. The van der Waals surface area contributed by atoms with Crippen LogP contribution in [0.15, 0.2) is 163 Å². The zero-order chi connectivity index (χ0) is 42.6. The highest BCUT2D eigenvalue weighted by atomic mass is 16.7. The first-order valence-electron chi connectivity index (χ1n) is 19.6. The monoisotopic (exact) mass is 828 g/mol. The second kappa shape index (κ2) is 20.1. The number of fused-ring (bicyclic) bond motifs is 1. The molecule has 1 heterocycles. The quantitative estimate of drug-likeness (QED) is 0.0572. The van der Waals surface area contributed by atoms with Crippen LogP contribution in [-0.2, 0) is 55.9 Å². The lowest BCUT2D eigenvalue weighted by Gasteiger charge is -2.36. The number of hydrogen-bond acceptors (Lipinski definition) is 13. The number of hydrogen-bond donors (Lipinski definition) is 1. The van der Waals surface area contributed by atoms with Crippen LogP contribution in [0.4, 0.5) is 0 Å². The highest BCUT2D eigenvalue weighted by Crippen LogP contribution is 2.57. The fraction of sp³-hybridized carbons (Fsp3) is 0.250. The van der Waals surface area contributed by atoms with Crippen molar-refractivity contribution >= 4 is 23.9 Å². The van der Waals surface area contributed by atoms with Crippen LogP contribution in [-0.4, -0.2) is 79.5 Å². The van der Waals surface area contributed by atoms with Gasteiger partial charge in [0.15, 0.2) is 23.7 Å². The summed E-state index contributed by atoms with van der Waals surface area (Å²) in [7, 11) is 1.14. The molecule has 6 atom stereocenters. The molecule has 5 aromatic carbocycles. The third-order valence-electron chi connectivity index (χ3n) is 10.3. The van der Waals surface area contributed by atoms with E-state index in [-0.39, 0.29) is 36.5 Å². The lowest BCUT2D eigenvalue weighted by molar-refractivity contribution is -0.238. The highest BCUT2D eigenvalue weighted by molar-refractivity contribution is 5.91. The summed E-state index contributed by atoms with van der Waals surface area (Å²) in [5.41, 5.74) is 1.11. The molecule has 0 spiro atoms. The van der Waals surface area contributed by atoms with Crippen LogP contribution in [0, 0.1) is 5.92 Å². The van der Waals surface area contributed by atoms with Gasteiger partial charge in [0.25, 0.3) is 0 Å². The third kappa shape index (κ3) is 10.4. The summed E-state index contributed by atoms with van der Waals surface area (Å²) in [4.78, 5) is 54.0. The van der Waals surface area contributed by atoms with E-state index in [4.69, 9.17) is 37.9 Å². The minimum atomic E-state index is -1.66. The van der Waals surface area contributed by atoms with E-state index in [1.807, 2.05) is 60.7 Å². The molecule has 0 amide bonds. The lowest BCUT2D eigenvalue weighted by Crippen LogP contribution is -2.48. The van der Waals surface area contributed by atoms with Crippen molar-refractivity contribution in [2.75, 3.05) is 20.3 Å². The summed E-state index contributed by atoms with van der Waals surface area (Å²) in [6.45, 7) is -0.741. The van der Waals surface area contributed by atoms with E-state index in [9.17, 15) is 24.3 Å². The van der Waals surface area contributed by atoms with Crippen molar-refractivity contribution in [1.82, 2.24) is 0 Å². The Bertz CT molecular complexity index is 2270. The van der Waals surface area contributed by atoms with Gasteiger partial charge in [-0.05, 0) is 47.5 Å². The third-order valence-corrected chi connectivity index (χ3v) is 10.3. The van der Waals surface area contributed by atoms with Gasteiger partial charge in [-0.15, -0.1) is 0 Å². The molecule has 7 rings (SSSR count). The van der Waals surface area contributed by atoms with E-state index in [1.54, 1.807) is 66.7 Å². The van der Waals surface area contributed by atoms with Gasteiger partial charge in [-0.1, -0.05) is 115 Å². The summed E-state index contributed by atoms with van der Waals surface area (Å²) in [6.07, 6.45) is -5.82. The molecule has 4 unspecified atom stereocenters. The van der Waals surface area contributed by atoms with Gasteiger partial charge in [0.2, 0.25) is 6.29 Å². The number of carbonyl (C=O) groups excluding carboxylic acids is 4. The summed E-state index contributed by atoms with van der Waals surface area (Å²) < 4.78 is 49.0. The molecule has 1 aliphatic carbocycles. The molecule has 314 valence electrons. The SMILES string of the molecule is COC(=O)C[C@@H](OC(=O)c1ccccc1)/C(O[C@H]1OCC2(OCc3ccccc3)C(OCc3ccccc3)C2C1OC(=O)c1ccccc1)=C(\CO)OC(=O)c1ccccc1. The second-order valence-electron chi connectivity index (χ2n) is 14.2. The zero-order valence-corrected chi connectivity index (χ0v) is 33.2. The molecule has 0 radical (unpaired) electrons. The molecular formula is C48H44O13. The normalized spacial score (nSPS) is 21.1. The van der Waals surface area contributed by atoms with Crippen molar-refractivity contribution in [2.45, 2.75) is 49.8 Å². The number of benzene rings is 5. The zero-order valence-electron chi connectivity index (χ0n) is 33.2. The van der Waals surface area contributed by atoms with E-state index in [1.165, 1.54) is 24.3 Å². The fourth-order valence-corrected chi connectivity index (χ4v) is 7.07. The number of methoxy groups -OCH3 is 1. The summed E-state index contributed by atoms with van der Waals surface area (Å²) in [6, 6.07) is 43.3. The van der Waals surface area contributed by atoms with E-state index >= 15 is 0 Å². The van der Waals surface area contributed by atoms with E-state index in [0.29, 0.717) is 0 Å². The van der Waals surface area contributed by atoms with E-state index in [2.05, 4.69) is 0 Å². The predicted octanol–water partition coefficient (Wildman–Crippen LogP) is 6.61. The number of esters is 4. The lowest BCUT2D eigenvalue weighted by atomic mass is 10.1. The van der Waals surface area contributed by atoms with Crippen molar-refractivity contribution in [2.24, 2.45) is 5.92 Å². The number of aliphatic hydroxyl groups excluding tert-OH is 1. The number of carbonyl (C=O) groups is 4. The Morgan fingerprint density at radius 1 is 0.672 bits per heavy atom. The van der Waals surface area contributed by atoms with Crippen molar-refractivity contribution in [3.05, 3.63) is 191 Å². The Labute approximate surface area is 352 Å². The first-order chi connectivity index (χ1) is 29.8. The van der Waals surface area contributed by atoms with Gasteiger partial charge in [-0.3, -0.25) is 4.79 Å². The maximum absolute atomic E-state index is 13.9. The molecule has 13 heteroatoms. The molecule has 1 N–H and O–H groups in total. The van der Waals surface area contributed by atoms with Crippen molar-refractivity contribution in [3.63, 3.8) is 0 Å². The van der Waals surface area contributed by atoms with E-state index < -0.39 is 84.5 Å². The first-order valence-corrected chi connectivity index (χ1v) is 19.6. The summed E-state index contributed by atoms with van der Waals surface area (Å²) >= 11 is 0. The average Bonchev–Trinajstić information content (AvgIpc) is 3.97.